The number of carbonyl (C=O) groups excluding carboxylic acids is 1. The number of nitriles is 1. The molecule has 0 saturated carbocycles. The number of amides is 1. The first-order valence-electron chi connectivity index (χ1n) is 10.3. The van der Waals surface area contributed by atoms with Crippen LogP contribution in [-0.2, 0) is 11.4 Å². The number of hydrogen-bond donors (Lipinski definition) is 1. The molecule has 0 saturated heterocycles. The summed E-state index contributed by atoms with van der Waals surface area (Å²) in [6.45, 7) is 2.58. The smallest absolute Gasteiger partial charge is 0.271 e. The summed E-state index contributed by atoms with van der Waals surface area (Å²) in [5.41, 5.74) is 1.11. The van der Waals surface area contributed by atoms with Crippen LogP contribution in [0.5, 0.6) is 11.5 Å². The Labute approximate surface area is 220 Å². The Hall–Kier alpha value is -3.62. The third-order valence-electron chi connectivity index (χ3n) is 4.64. The summed E-state index contributed by atoms with van der Waals surface area (Å²) in [5, 5.41) is 23.2. The van der Waals surface area contributed by atoms with Crippen molar-refractivity contribution in [2.24, 2.45) is 0 Å². The van der Waals surface area contributed by atoms with Gasteiger partial charge in [0.1, 0.15) is 18.2 Å². The largest absolute Gasteiger partial charge is 0.490 e. The van der Waals surface area contributed by atoms with Gasteiger partial charge in [0, 0.05) is 12.1 Å². The summed E-state index contributed by atoms with van der Waals surface area (Å²) in [6, 6.07) is 18.6. The average molecular weight is 604 g/mol. The van der Waals surface area contributed by atoms with E-state index in [9.17, 15) is 20.2 Å². The number of nitro benzene ring substituents is 1. The summed E-state index contributed by atoms with van der Waals surface area (Å²) in [5.74, 6) is 0.271. The number of non-ortho nitro benzene ring substituents is 1. The van der Waals surface area contributed by atoms with Crippen molar-refractivity contribution in [3.8, 4) is 17.6 Å². The van der Waals surface area contributed by atoms with Crippen LogP contribution >= 0.6 is 34.2 Å². The zero-order valence-corrected chi connectivity index (χ0v) is 21.4. The van der Waals surface area contributed by atoms with Crippen molar-refractivity contribution in [3.05, 3.63) is 96.1 Å². The van der Waals surface area contributed by atoms with E-state index in [0.29, 0.717) is 30.3 Å². The number of nitro groups is 1. The fourth-order valence-electron chi connectivity index (χ4n) is 3.03. The van der Waals surface area contributed by atoms with Crippen molar-refractivity contribution in [1.82, 2.24) is 0 Å². The van der Waals surface area contributed by atoms with Crippen molar-refractivity contribution >= 4 is 57.5 Å². The second-order valence-corrected chi connectivity index (χ2v) is 8.65. The third-order valence-corrected chi connectivity index (χ3v) is 5.77. The highest BCUT2D eigenvalue weighted by Crippen LogP contribution is 2.36. The van der Waals surface area contributed by atoms with Gasteiger partial charge >= 0.3 is 0 Å². The van der Waals surface area contributed by atoms with Crippen molar-refractivity contribution in [2.45, 2.75) is 13.5 Å². The topological polar surface area (TPSA) is 114 Å². The molecule has 0 fully saturated rings. The van der Waals surface area contributed by atoms with Crippen LogP contribution in [0, 0.1) is 25.0 Å². The summed E-state index contributed by atoms with van der Waals surface area (Å²) in [6.07, 6.45) is 1.40. The van der Waals surface area contributed by atoms with Gasteiger partial charge < -0.3 is 14.8 Å². The predicted molar refractivity (Wildman–Crippen MR) is 141 cm³/mol. The molecule has 0 atom stereocenters. The van der Waals surface area contributed by atoms with Crippen molar-refractivity contribution in [2.75, 3.05) is 11.9 Å². The van der Waals surface area contributed by atoms with E-state index in [1.807, 2.05) is 43.3 Å². The Kier molecular flexibility index (Phi) is 9.05. The number of hydrogen-bond acceptors (Lipinski definition) is 6. The maximum Gasteiger partial charge on any atom is 0.271 e. The van der Waals surface area contributed by atoms with Crippen LogP contribution in [0.3, 0.4) is 0 Å². The Balaban J connectivity index is 1.87. The number of carbonyl (C=O) groups is 1. The van der Waals surface area contributed by atoms with Gasteiger partial charge in [-0.2, -0.15) is 5.26 Å². The molecule has 0 unspecified atom stereocenters. The lowest BCUT2D eigenvalue weighted by Crippen LogP contribution is -2.14. The molecular weight excluding hydrogens is 585 g/mol. The lowest BCUT2D eigenvalue weighted by atomic mass is 10.1. The fraction of sp³-hybridized carbons (Fsp3) is 0.120. The monoisotopic (exact) mass is 603 g/mol. The second-order valence-electron chi connectivity index (χ2n) is 7.08. The lowest BCUT2D eigenvalue weighted by molar-refractivity contribution is -0.384. The molecule has 1 amide bonds. The summed E-state index contributed by atoms with van der Waals surface area (Å²) in [4.78, 5) is 23.1. The summed E-state index contributed by atoms with van der Waals surface area (Å²) < 4.78 is 12.5. The number of benzene rings is 3. The highest BCUT2D eigenvalue weighted by atomic mass is 127. The molecule has 0 aromatic heterocycles. The van der Waals surface area contributed by atoms with Crippen LogP contribution in [0.4, 0.5) is 11.4 Å². The minimum absolute atomic E-state index is 0.0289. The van der Waals surface area contributed by atoms with Gasteiger partial charge in [0.2, 0.25) is 0 Å². The molecule has 10 heteroatoms. The second kappa shape index (κ2) is 12.2. The van der Waals surface area contributed by atoms with E-state index in [1.165, 1.54) is 18.2 Å². The maximum absolute atomic E-state index is 12.7. The standard InChI is InChI=1S/C25H19ClIN3O5/c1-2-34-23-12-17(11-21(27)24(23)35-15-16-6-4-3-5-7-16)10-18(14-28)25(31)29-22-13-19(30(32)33)8-9-20(22)26/h3-13H,2,15H2,1H3,(H,29,31)/b18-10+. The van der Waals surface area contributed by atoms with Gasteiger partial charge in [0.25, 0.3) is 11.6 Å². The van der Waals surface area contributed by atoms with Crippen molar-refractivity contribution < 1.29 is 19.2 Å². The molecular formula is C25H19ClIN3O5. The first-order chi connectivity index (χ1) is 16.8. The number of nitrogens with zero attached hydrogens (tertiary/aromatic N) is 2. The Bertz CT molecular complexity index is 1320. The number of anilines is 1. The minimum Gasteiger partial charge on any atom is -0.490 e. The van der Waals surface area contributed by atoms with Gasteiger partial charge in [-0.1, -0.05) is 41.9 Å². The first-order valence-corrected chi connectivity index (χ1v) is 11.8. The minimum atomic E-state index is -0.757. The SMILES string of the molecule is CCOc1cc(/C=C(\C#N)C(=O)Nc2cc([N+](=O)[O-])ccc2Cl)cc(I)c1OCc1ccccc1. The number of halogens is 2. The third kappa shape index (κ3) is 6.94. The molecule has 3 rings (SSSR count). The zero-order valence-electron chi connectivity index (χ0n) is 18.5. The van der Waals surface area contributed by atoms with E-state index >= 15 is 0 Å². The van der Waals surface area contributed by atoms with Crippen LogP contribution in [0.1, 0.15) is 18.1 Å². The summed E-state index contributed by atoms with van der Waals surface area (Å²) in [7, 11) is 0. The quantitative estimate of drug-likeness (QED) is 0.0999. The van der Waals surface area contributed by atoms with Crippen molar-refractivity contribution in [3.63, 3.8) is 0 Å². The number of nitrogens with one attached hydrogen (secondary N) is 1. The molecule has 3 aromatic rings. The number of rotatable bonds is 9. The van der Waals surface area contributed by atoms with Crippen LogP contribution in [0.2, 0.25) is 5.02 Å². The average Bonchev–Trinajstić information content (AvgIpc) is 2.84. The van der Waals surface area contributed by atoms with E-state index < -0.39 is 10.8 Å². The molecule has 3 aromatic carbocycles. The van der Waals surface area contributed by atoms with Gasteiger partial charge in [0.05, 0.1) is 25.8 Å². The molecule has 0 heterocycles. The van der Waals surface area contributed by atoms with E-state index in [1.54, 1.807) is 12.1 Å². The molecule has 0 aliphatic carbocycles. The van der Waals surface area contributed by atoms with Crippen LogP contribution in [0.25, 0.3) is 6.08 Å². The summed E-state index contributed by atoms with van der Waals surface area (Å²) >= 11 is 8.15. The Morgan fingerprint density at radius 1 is 1.20 bits per heavy atom. The first kappa shape index (κ1) is 26.0. The van der Waals surface area contributed by atoms with E-state index in [4.69, 9.17) is 21.1 Å². The lowest BCUT2D eigenvalue weighted by Gasteiger charge is -2.15. The molecule has 0 radical (unpaired) electrons. The number of ether oxygens (including phenoxy) is 2. The Morgan fingerprint density at radius 3 is 2.60 bits per heavy atom. The highest BCUT2D eigenvalue weighted by Gasteiger charge is 2.17. The molecule has 35 heavy (non-hydrogen) atoms. The van der Waals surface area contributed by atoms with Crippen LogP contribution < -0.4 is 14.8 Å². The van der Waals surface area contributed by atoms with Crippen LogP contribution in [0.15, 0.2) is 66.2 Å². The Morgan fingerprint density at radius 2 is 1.94 bits per heavy atom. The molecule has 178 valence electrons. The van der Waals surface area contributed by atoms with E-state index in [2.05, 4.69) is 27.9 Å². The highest BCUT2D eigenvalue weighted by molar-refractivity contribution is 14.1. The molecule has 8 nitrogen and oxygen atoms in total. The van der Waals surface area contributed by atoms with Gasteiger partial charge in [0.15, 0.2) is 11.5 Å². The molecule has 0 bridgehead atoms. The van der Waals surface area contributed by atoms with Gasteiger partial charge in [-0.3, -0.25) is 14.9 Å². The molecule has 0 aliphatic rings. The van der Waals surface area contributed by atoms with Gasteiger partial charge in [-0.25, -0.2) is 0 Å². The van der Waals surface area contributed by atoms with E-state index in [0.717, 1.165) is 15.2 Å². The van der Waals surface area contributed by atoms with Crippen LogP contribution in [-0.4, -0.2) is 17.4 Å². The van der Waals surface area contributed by atoms with Gasteiger partial charge in [-0.05, 0) is 64.9 Å². The molecule has 0 aliphatic heterocycles. The molecule has 1 N–H and O–H groups in total. The normalized spacial score (nSPS) is 10.9. The zero-order chi connectivity index (χ0) is 25.4. The maximum atomic E-state index is 12.7. The van der Waals surface area contributed by atoms with Crippen molar-refractivity contribution in [1.29, 1.82) is 5.26 Å². The van der Waals surface area contributed by atoms with E-state index in [-0.39, 0.29) is 22.0 Å². The van der Waals surface area contributed by atoms with Gasteiger partial charge in [-0.15, -0.1) is 0 Å². The predicted octanol–water partition coefficient (Wildman–Crippen LogP) is 6.38. The fourth-order valence-corrected chi connectivity index (χ4v) is 3.98. The molecule has 0 spiro atoms.